The molecule has 1 aliphatic rings. The Morgan fingerprint density at radius 1 is 1.48 bits per heavy atom. The highest BCUT2D eigenvalue weighted by atomic mass is 16.6. The Balaban J connectivity index is 2.06. The lowest BCUT2D eigenvalue weighted by atomic mass is 10.2. The van der Waals surface area contributed by atoms with Crippen molar-refractivity contribution in [3.05, 3.63) is 22.2 Å². The van der Waals surface area contributed by atoms with Crippen LogP contribution >= 0.6 is 0 Å². The molecule has 3 N–H and O–H groups in total. The second-order valence-electron chi connectivity index (χ2n) is 4.93. The molecule has 1 aromatic heterocycles. The van der Waals surface area contributed by atoms with E-state index < -0.39 is 4.92 Å². The smallest absolute Gasteiger partial charge is 0.311 e. The summed E-state index contributed by atoms with van der Waals surface area (Å²) in [5, 5.41) is 19.9. The number of hydrogen-bond acceptors (Lipinski definition) is 6. The van der Waals surface area contributed by atoms with Crippen molar-refractivity contribution in [2.24, 2.45) is 0 Å². The van der Waals surface area contributed by atoms with Gasteiger partial charge in [-0.3, -0.25) is 14.9 Å². The summed E-state index contributed by atoms with van der Waals surface area (Å²) in [5.41, 5.74) is -0.0682. The van der Waals surface area contributed by atoms with Crippen LogP contribution in [0, 0.1) is 10.1 Å². The van der Waals surface area contributed by atoms with Crippen molar-refractivity contribution < 1.29 is 9.72 Å². The first-order chi connectivity index (χ1) is 10.1. The number of hydrogen-bond donors (Lipinski definition) is 3. The lowest BCUT2D eigenvalue weighted by Crippen LogP contribution is -2.32. The van der Waals surface area contributed by atoms with Gasteiger partial charge in [0, 0.05) is 31.6 Å². The van der Waals surface area contributed by atoms with Gasteiger partial charge in [0.05, 0.1) is 4.92 Å². The van der Waals surface area contributed by atoms with Crippen LogP contribution in [0.25, 0.3) is 0 Å². The quantitative estimate of drug-likeness (QED) is 0.519. The third-order valence-corrected chi connectivity index (χ3v) is 3.23. The van der Waals surface area contributed by atoms with E-state index in [0.717, 1.165) is 19.4 Å². The van der Waals surface area contributed by atoms with E-state index in [0.29, 0.717) is 18.8 Å². The fraction of sp³-hybridized carbons (Fsp3) is 0.538. The molecule has 0 aromatic carbocycles. The molecule has 0 bridgehead atoms. The molecule has 1 amide bonds. The van der Waals surface area contributed by atoms with Crippen molar-refractivity contribution >= 4 is 23.2 Å². The largest absolute Gasteiger partial charge is 0.370 e. The molecule has 21 heavy (non-hydrogen) atoms. The summed E-state index contributed by atoms with van der Waals surface area (Å²) < 4.78 is 0. The van der Waals surface area contributed by atoms with Crippen molar-refractivity contribution in [2.75, 3.05) is 23.7 Å². The molecule has 1 fully saturated rings. The second-order valence-corrected chi connectivity index (χ2v) is 4.93. The Morgan fingerprint density at radius 3 is 2.90 bits per heavy atom. The lowest BCUT2D eigenvalue weighted by molar-refractivity contribution is -0.384. The summed E-state index contributed by atoms with van der Waals surface area (Å²) in [7, 11) is 0. The van der Waals surface area contributed by atoms with E-state index in [4.69, 9.17) is 0 Å². The van der Waals surface area contributed by atoms with Crippen LogP contribution in [0.5, 0.6) is 0 Å². The molecule has 1 aromatic rings. The van der Waals surface area contributed by atoms with Gasteiger partial charge in [0.15, 0.2) is 0 Å². The third kappa shape index (κ3) is 4.04. The standard InChI is InChI=1S/C13H19N5O3/c1-2-7-14-11-5-4-10(18(20)21)13(17-11)15-8-9-3-6-12(19)16-9/h4-5,9H,2-3,6-8H2,1H3,(H,16,19)(H2,14,15,17). The molecule has 0 saturated carbocycles. The molecule has 114 valence electrons. The number of nitrogens with one attached hydrogen (secondary N) is 3. The third-order valence-electron chi connectivity index (χ3n) is 3.23. The first-order valence-corrected chi connectivity index (χ1v) is 7.02. The zero-order valence-electron chi connectivity index (χ0n) is 11.9. The predicted molar refractivity (Wildman–Crippen MR) is 79.3 cm³/mol. The molecule has 2 rings (SSSR count). The molecule has 1 unspecified atom stereocenters. The Labute approximate surface area is 122 Å². The number of aromatic nitrogens is 1. The van der Waals surface area contributed by atoms with Gasteiger partial charge in [-0.2, -0.15) is 0 Å². The van der Waals surface area contributed by atoms with Crippen LogP contribution in [-0.2, 0) is 4.79 Å². The molecule has 1 atom stereocenters. The number of rotatable bonds is 7. The van der Waals surface area contributed by atoms with E-state index in [1.54, 1.807) is 6.07 Å². The van der Waals surface area contributed by atoms with Crippen LogP contribution in [0.15, 0.2) is 12.1 Å². The zero-order valence-corrected chi connectivity index (χ0v) is 11.9. The maximum atomic E-state index is 11.1. The monoisotopic (exact) mass is 293 g/mol. The minimum Gasteiger partial charge on any atom is -0.370 e. The van der Waals surface area contributed by atoms with Gasteiger partial charge in [-0.1, -0.05) is 6.92 Å². The molecule has 2 heterocycles. The highest BCUT2D eigenvalue weighted by Crippen LogP contribution is 2.24. The maximum absolute atomic E-state index is 11.1. The normalized spacial score (nSPS) is 17.4. The molecule has 1 aliphatic heterocycles. The lowest BCUT2D eigenvalue weighted by Gasteiger charge is -2.13. The van der Waals surface area contributed by atoms with Crippen molar-refractivity contribution in [1.29, 1.82) is 0 Å². The van der Waals surface area contributed by atoms with Gasteiger partial charge in [0.2, 0.25) is 11.7 Å². The molecule has 0 aliphatic carbocycles. The van der Waals surface area contributed by atoms with E-state index in [1.807, 2.05) is 6.92 Å². The topological polar surface area (TPSA) is 109 Å². The maximum Gasteiger partial charge on any atom is 0.311 e. The minimum absolute atomic E-state index is 0.00818. The van der Waals surface area contributed by atoms with E-state index >= 15 is 0 Å². The van der Waals surface area contributed by atoms with Crippen LogP contribution in [0.2, 0.25) is 0 Å². The Kier molecular flexibility index (Phi) is 4.91. The SMILES string of the molecule is CCCNc1ccc([N+](=O)[O-])c(NCC2CCC(=O)N2)n1. The average Bonchev–Trinajstić information content (AvgIpc) is 2.88. The van der Waals surface area contributed by atoms with E-state index in [-0.39, 0.29) is 23.5 Å². The summed E-state index contributed by atoms with van der Waals surface area (Å²) in [6.07, 6.45) is 2.17. The average molecular weight is 293 g/mol. The zero-order chi connectivity index (χ0) is 15.2. The number of anilines is 2. The van der Waals surface area contributed by atoms with Gasteiger partial charge in [0.25, 0.3) is 0 Å². The van der Waals surface area contributed by atoms with Crippen LogP contribution < -0.4 is 16.0 Å². The highest BCUT2D eigenvalue weighted by molar-refractivity contribution is 5.78. The molecular weight excluding hydrogens is 274 g/mol. The van der Waals surface area contributed by atoms with Crippen LogP contribution in [-0.4, -0.2) is 34.9 Å². The Hall–Kier alpha value is -2.38. The van der Waals surface area contributed by atoms with Gasteiger partial charge in [-0.05, 0) is 18.9 Å². The number of amides is 1. The highest BCUT2D eigenvalue weighted by Gasteiger charge is 2.22. The number of carbonyl (C=O) groups excluding carboxylic acids is 1. The van der Waals surface area contributed by atoms with Crippen LogP contribution in [0.4, 0.5) is 17.3 Å². The van der Waals surface area contributed by atoms with Crippen LogP contribution in [0.3, 0.4) is 0 Å². The fourth-order valence-electron chi connectivity index (χ4n) is 2.13. The fourth-order valence-corrected chi connectivity index (χ4v) is 2.13. The van der Waals surface area contributed by atoms with Crippen molar-refractivity contribution in [1.82, 2.24) is 10.3 Å². The van der Waals surface area contributed by atoms with Crippen molar-refractivity contribution in [3.63, 3.8) is 0 Å². The molecule has 0 spiro atoms. The first-order valence-electron chi connectivity index (χ1n) is 7.02. The molecule has 8 heteroatoms. The Morgan fingerprint density at radius 2 is 2.29 bits per heavy atom. The predicted octanol–water partition coefficient (Wildman–Crippen LogP) is 1.50. The summed E-state index contributed by atoms with van der Waals surface area (Å²) in [6, 6.07) is 3.02. The molecule has 1 saturated heterocycles. The first kappa shape index (κ1) is 15.0. The minimum atomic E-state index is -0.466. The van der Waals surface area contributed by atoms with Gasteiger partial charge < -0.3 is 16.0 Å². The number of pyridine rings is 1. The summed E-state index contributed by atoms with van der Waals surface area (Å²) in [5.74, 6) is 0.838. The van der Waals surface area contributed by atoms with E-state index in [2.05, 4.69) is 20.9 Å². The summed E-state index contributed by atoms with van der Waals surface area (Å²) >= 11 is 0. The van der Waals surface area contributed by atoms with E-state index in [9.17, 15) is 14.9 Å². The molecule has 0 radical (unpaired) electrons. The summed E-state index contributed by atoms with van der Waals surface area (Å²) in [4.78, 5) is 25.9. The Bertz CT molecular complexity index is 535. The number of nitrogens with zero attached hydrogens (tertiary/aromatic N) is 2. The van der Waals surface area contributed by atoms with Crippen molar-refractivity contribution in [3.8, 4) is 0 Å². The van der Waals surface area contributed by atoms with Crippen LogP contribution in [0.1, 0.15) is 26.2 Å². The van der Waals surface area contributed by atoms with E-state index in [1.165, 1.54) is 6.07 Å². The van der Waals surface area contributed by atoms with Crippen molar-refractivity contribution in [2.45, 2.75) is 32.2 Å². The van der Waals surface area contributed by atoms with Gasteiger partial charge in [0.1, 0.15) is 5.82 Å². The molecule has 8 nitrogen and oxygen atoms in total. The van der Waals surface area contributed by atoms with Gasteiger partial charge in [-0.15, -0.1) is 0 Å². The number of carbonyl (C=O) groups is 1. The summed E-state index contributed by atoms with van der Waals surface area (Å²) in [6.45, 7) is 3.21. The van der Waals surface area contributed by atoms with Gasteiger partial charge >= 0.3 is 5.69 Å². The molecular formula is C13H19N5O3. The van der Waals surface area contributed by atoms with Gasteiger partial charge in [-0.25, -0.2) is 4.98 Å². The number of nitro groups is 1. The second kappa shape index (κ2) is 6.87.